The topological polar surface area (TPSA) is 50.1 Å². The highest BCUT2D eigenvalue weighted by molar-refractivity contribution is 5.38. The maximum Gasteiger partial charge on any atom is 0.225 e. The molecule has 3 aliphatic heterocycles. The van der Waals surface area contributed by atoms with E-state index < -0.39 is 0 Å². The Morgan fingerprint density at radius 2 is 1.97 bits per heavy atom. The van der Waals surface area contributed by atoms with Gasteiger partial charge in [0.25, 0.3) is 0 Å². The van der Waals surface area contributed by atoms with Crippen molar-refractivity contribution < 1.29 is 0 Å². The minimum atomic E-state index is 0.467. The van der Waals surface area contributed by atoms with E-state index in [4.69, 9.17) is 15.1 Å². The van der Waals surface area contributed by atoms with E-state index >= 15 is 0 Å². The number of hydrogen-bond donors (Lipinski definition) is 0. The van der Waals surface area contributed by atoms with Crippen LogP contribution < -0.4 is 4.90 Å². The highest BCUT2D eigenvalue weighted by Crippen LogP contribution is 2.44. The molecule has 0 N–H and O–H groups in total. The van der Waals surface area contributed by atoms with Crippen LogP contribution in [-0.2, 0) is 19.5 Å². The first-order valence-electron chi connectivity index (χ1n) is 11.5. The maximum absolute atomic E-state index is 5.02. The van der Waals surface area contributed by atoms with Crippen LogP contribution in [0.5, 0.6) is 0 Å². The van der Waals surface area contributed by atoms with Gasteiger partial charge in [-0.25, -0.2) is 9.97 Å². The van der Waals surface area contributed by atoms with Gasteiger partial charge in [0, 0.05) is 67.7 Å². The molecule has 3 aliphatic rings. The van der Waals surface area contributed by atoms with Gasteiger partial charge in [-0.3, -0.25) is 9.58 Å². The van der Waals surface area contributed by atoms with Gasteiger partial charge >= 0.3 is 0 Å². The molecule has 6 heteroatoms. The Kier molecular flexibility index (Phi) is 5.06. The number of nitrogens with zero attached hydrogens (tertiary/aromatic N) is 6. The van der Waals surface area contributed by atoms with Crippen molar-refractivity contribution in [1.82, 2.24) is 24.6 Å². The van der Waals surface area contributed by atoms with Crippen LogP contribution in [0, 0.1) is 13.8 Å². The van der Waals surface area contributed by atoms with Gasteiger partial charge in [-0.1, -0.05) is 13.3 Å². The van der Waals surface area contributed by atoms with Crippen molar-refractivity contribution in [3.05, 3.63) is 34.4 Å². The van der Waals surface area contributed by atoms with Crippen molar-refractivity contribution >= 4 is 5.95 Å². The van der Waals surface area contributed by atoms with Crippen LogP contribution >= 0.6 is 0 Å². The number of fused-ring (bicyclic) bond motifs is 4. The van der Waals surface area contributed by atoms with Gasteiger partial charge in [0.05, 0.1) is 11.4 Å². The second-order valence-electron chi connectivity index (χ2n) is 9.12. The number of hydrogen-bond acceptors (Lipinski definition) is 5. The Hall–Kier alpha value is -1.95. The van der Waals surface area contributed by atoms with Crippen LogP contribution in [0.2, 0.25) is 0 Å². The molecule has 156 valence electrons. The first-order valence-corrected chi connectivity index (χ1v) is 11.5. The maximum atomic E-state index is 5.02. The van der Waals surface area contributed by atoms with E-state index in [0.29, 0.717) is 12.1 Å². The summed E-state index contributed by atoms with van der Waals surface area (Å²) >= 11 is 0. The zero-order valence-corrected chi connectivity index (χ0v) is 18.2. The Balaban J connectivity index is 1.38. The Morgan fingerprint density at radius 1 is 1.14 bits per heavy atom. The van der Waals surface area contributed by atoms with Crippen LogP contribution in [0.3, 0.4) is 0 Å². The van der Waals surface area contributed by atoms with Gasteiger partial charge in [-0.05, 0) is 46.0 Å². The van der Waals surface area contributed by atoms with Gasteiger partial charge < -0.3 is 4.90 Å². The monoisotopic (exact) mass is 394 g/mol. The summed E-state index contributed by atoms with van der Waals surface area (Å²) in [5.41, 5.74) is 6.65. The van der Waals surface area contributed by atoms with E-state index in [1.807, 2.05) is 0 Å². The second-order valence-corrected chi connectivity index (χ2v) is 9.12. The second kappa shape index (κ2) is 7.71. The smallest absolute Gasteiger partial charge is 0.225 e. The number of aromatic nitrogens is 4. The van der Waals surface area contributed by atoms with E-state index in [0.717, 1.165) is 38.5 Å². The minimum Gasteiger partial charge on any atom is -0.341 e. The molecule has 0 aromatic carbocycles. The third kappa shape index (κ3) is 3.35. The highest BCUT2D eigenvalue weighted by Gasteiger charge is 2.41. The third-order valence-corrected chi connectivity index (χ3v) is 7.30. The minimum absolute atomic E-state index is 0.467. The van der Waals surface area contributed by atoms with Gasteiger partial charge in [0.1, 0.15) is 0 Å². The molecule has 2 atom stereocenters. The molecule has 5 rings (SSSR count). The molecule has 2 aromatic heterocycles. The molecule has 0 spiro atoms. The average molecular weight is 395 g/mol. The lowest BCUT2D eigenvalue weighted by Gasteiger charge is -2.36. The molecule has 5 heterocycles. The van der Waals surface area contributed by atoms with E-state index in [-0.39, 0.29) is 0 Å². The lowest BCUT2D eigenvalue weighted by Crippen LogP contribution is -2.38. The van der Waals surface area contributed by atoms with Gasteiger partial charge in [0.2, 0.25) is 5.95 Å². The van der Waals surface area contributed by atoms with Crippen molar-refractivity contribution in [2.24, 2.45) is 0 Å². The molecular formula is C23H34N6. The highest BCUT2D eigenvalue weighted by atomic mass is 15.3. The number of rotatable bonds is 6. The van der Waals surface area contributed by atoms with Crippen molar-refractivity contribution in [2.45, 2.75) is 90.9 Å². The number of anilines is 1. The predicted octanol–water partition coefficient (Wildman–Crippen LogP) is 3.95. The number of unbranched alkanes of at least 4 members (excludes halogenated alkanes) is 1. The van der Waals surface area contributed by atoms with E-state index in [9.17, 15) is 0 Å². The lowest BCUT2D eigenvalue weighted by atomic mass is 9.98. The molecule has 0 radical (unpaired) electrons. The summed E-state index contributed by atoms with van der Waals surface area (Å²) < 4.78 is 2.22. The Labute approximate surface area is 174 Å². The van der Waals surface area contributed by atoms with Crippen LogP contribution in [0.15, 0.2) is 6.20 Å². The fraction of sp³-hybridized carbons (Fsp3) is 0.696. The summed E-state index contributed by atoms with van der Waals surface area (Å²) in [5, 5.41) is 4.84. The molecule has 0 aliphatic carbocycles. The van der Waals surface area contributed by atoms with Gasteiger partial charge in [0.15, 0.2) is 0 Å². The van der Waals surface area contributed by atoms with Crippen molar-refractivity contribution in [1.29, 1.82) is 0 Å². The van der Waals surface area contributed by atoms with E-state index in [2.05, 4.69) is 41.4 Å². The van der Waals surface area contributed by atoms with E-state index in [1.165, 1.54) is 66.7 Å². The van der Waals surface area contributed by atoms with Crippen molar-refractivity contribution in [3.8, 4) is 0 Å². The molecule has 0 saturated carbocycles. The van der Waals surface area contributed by atoms with Crippen LogP contribution in [0.1, 0.15) is 79.7 Å². The quantitative estimate of drug-likeness (QED) is 0.742. The fourth-order valence-corrected chi connectivity index (χ4v) is 5.55. The van der Waals surface area contributed by atoms with Crippen molar-refractivity contribution in [2.75, 3.05) is 18.0 Å². The summed E-state index contributed by atoms with van der Waals surface area (Å²) in [4.78, 5) is 14.9. The molecule has 2 saturated heterocycles. The van der Waals surface area contributed by atoms with Crippen LogP contribution in [0.4, 0.5) is 5.95 Å². The summed E-state index contributed by atoms with van der Waals surface area (Å²) in [6.45, 7) is 10.9. The zero-order valence-electron chi connectivity index (χ0n) is 18.2. The van der Waals surface area contributed by atoms with Crippen molar-refractivity contribution in [3.63, 3.8) is 0 Å². The average Bonchev–Trinajstić information content (AvgIpc) is 3.41. The zero-order chi connectivity index (χ0) is 20.0. The van der Waals surface area contributed by atoms with Gasteiger partial charge in [-0.15, -0.1) is 0 Å². The van der Waals surface area contributed by atoms with Gasteiger partial charge in [-0.2, -0.15) is 5.10 Å². The summed E-state index contributed by atoms with van der Waals surface area (Å²) in [7, 11) is 0. The Morgan fingerprint density at radius 3 is 2.76 bits per heavy atom. The molecule has 6 nitrogen and oxygen atoms in total. The largest absolute Gasteiger partial charge is 0.341 e. The standard InChI is InChI=1S/C23H34N6/c1-4-5-12-29-17(3)20(16(2)26-29)15-28-18-8-9-22(28)19-14-24-23(25-21(19)13-18)27-10-6-7-11-27/h14,18,22H,4-13,15H2,1-3H3/t18-,22-/m0/s1. The predicted molar refractivity (Wildman–Crippen MR) is 115 cm³/mol. The summed E-state index contributed by atoms with van der Waals surface area (Å²) in [5.74, 6) is 0.956. The summed E-state index contributed by atoms with van der Waals surface area (Å²) in [6, 6.07) is 1.07. The first-order chi connectivity index (χ1) is 14.2. The van der Waals surface area contributed by atoms with E-state index in [1.54, 1.807) is 0 Å². The molecule has 2 aromatic rings. The molecule has 29 heavy (non-hydrogen) atoms. The lowest BCUT2D eigenvalue weighted by molar-refractivity contribution is 0.165. The molecule has 2 fully saturated rings. The molecule has 2 bridgehead atoms. The molecule has 0 unspecified atom stereocenters. The fourth-order valence-electron chi connectivity index (χ4n) is 5.55. The third-order valence-electron chi connectivity index (χ3n) is 7.30. The Bertz CT molecular complexity index is 882. The normalized spacial score (nSPS) is 23.8. The molecule has 0 amide bonds. The van der Waals surface area contributed by atoms with Crippen LogP contribution in [-0.4, -0.2) is 43.8 Å². The first kappa shape index (κ1) is 19.0. The summed E-state index contributed by atoms with van der Waals surface area (Å²) in [6.07, 6.45) is 10.6. The number of aryl methyl sites for hydroxylation is 2. The van der Waals surface area contributed by atoms with Crippen LogP contribution in [0.25, 0.3) is 0 Å². The molecular weight excluding hydrogens is 360 g/mol. The SMILES string of the molecule is CCCCn1nc(C)c(CN2[C@H]3CC[C@H]2c2cnc(N4CCCC4)nc2C3)c1C.